The van der Waals surface area contributed by atoms with Crippen LogP contribution in [0.25, 0.3) is 0 Å². The van der Waals surface area contributed by atoms with Crippen LogP contribution in [0.1, 0.15) is 54.3 Å². The predicted molar refractivity (Wildman–Crippen MR) is 52.9 cm³/mol. The molecule has 0 atom stereocenters. The zero-order chi connectivity index (χ0) is 9.54. The van der Waals surface area contributed by atoms with Crippen LogP contribution >= 0.6 is 0 Å². The predicted octanol–water partition coefficient (Wildman–Crippen LogP) is 2.71. The molecule has 1 heterocycles. The Balaban J connectivity index is 2.03. The number of pyridine rings is 1. The summed E-state index contributed by atoms with van der Waals surface area (Å²) in [5.41, 5.74) is 3.26. The third-order valence-corrected chi connectivity index (χ3v) is 3.09. The van der Waals surface area contributed by atoms with Crippen molar-refractivity contribution in [2.45, 2.75) is 37.5 Å². The van der Waals surface area contributed by atoms with E-state index < -0.39 is 0 Å². The highest BCUT2D eigenvalue weighted by Gasteiger charge is 2.30. The highest BCUT2D eigenvalue weighted by atomic mass is 14.7. The number of aromatic nitrogens is 1. The van der Waals surface area contributed by atoms with Crippen LogP contribution in [0.5, 0.6) is 0 Å². The first-order valence-electron chi connectivity index (χ1n) is 5.28. The minimum Gasteiger partial charge on any atom is -0.260 e. The lowest BCUT2D eigenvalue weighted by atomic mass is 10.0. The summed E-state index contributed by atoms with van der Waals surface area (Å²) in [6.45, 7) is 0. The molecule has 0 unspecified atom stereocenters. The quantitative estimate of drug-likeness (QED) is 0.708. The van der Waals surface area contributed by atoms with Crippen LogP contribution in [0, 0.1) is 11.3 Å². The highest BCUT2D eigenvalue weighted by Crippen LogP contribution is 2.44. The molecule has 3 rings (SSSR count). The Morgan fingerprint density at radius 3 is 2.50 bits per heavy atom. The molecule has 2 saturated carbocycles. The maximum atomic E-state index is 8.95. The molecule has 2 aliphatic rings. The van der Waals surface area contributed by atoms with Crippen LogP contribution in [-0.4, -0.2) is 4.98 Å². The molecule has 0 radical (unpaired) electrons. The van der Waals surface area contributed by atoms with Crippen molar-refractivity contribution in [1.82, 2.24) is 4.98 Å². The van der Waals surface area contributed by atoms with Crippen molar-refractivity contribution in [3.05, 3.63) is 29.1 Å². The van der Waals surface area contributed by atoms with Crippen molar-refractivity contribution in [2.75, 3.05) is 0 Å². The van der Waals surface area contributed by atoms with E-state index >= 15 is 0 Å². The van der Waals surface area contributed by atoms with E-state index in [0.29, 0.717) is 11.8 Å². The number of nitrogens with zero attached hydrogens (tertiary/aromatic N) is 2. The average Bonchev–Trinajstić information content (AvgIpc) is 3.05. The van der Waals surface area contributed by atoms with Gasteiger partial charge in [-0.15, -0.1) is 0 Å². The van der Waals surface area contributed by atoms with E-state index in [0.717, 1.165) is 5.56 Å². The van der Waals surface area contributed by atoms with Gasteiger partial charge in [-0.2, -0.15) is 5.26 Å². The fourth-order valence-electron chi connectivity index (χ4n) is 1.92. The van der Waals surface area contributed by atoms with Gasteiger partial charge in [-0.3, -0.25) is 4.98 Å². The van der Waals surface area contributed by atoms with E-state index in [1.807, 2.05) is 0 Å². The Hall–Kier alpha value is -1.36. The number of rotatable bonds is 2. The molecule has 1 aromatic rings. The normalized spacial score (nSPS) is 20.5. The smallest absolute Gasteiger partial charge is 0.101 e. The molecule has 2 fully saturated rings. The number of hydrogen-bond acceptors (Lipinski definition) is 2. The molecule has 0 N–H and O–H groups in total. The molecule has 2 heteroatoms. The monoisotopic (exact) mass is 184 g/mol. The lowest BCUT2D eigenvalue weighted by Gasteiger charge is -2.03. The zero-order valence-corrected chi connectivity index (χ0v) is 8.03. The molecule has 2 aliphatic carbocycles. The van der Waals surface area contributed by atoms with Crippen molar-refractivity contribution in [1.29, 1.82) is 5.26 Å². The zero-order valence-electron chi connectivity index (χ0n) is 8.03. The maximum absolute atomic E-state index is 8.95. The molecule has 2 nitrogen and oxygen atoms in total. The van der Waals surface area contributed by atoms with Crippen molar-refractivity contribution >= 4 is 0 Å². The summed E-state index contributed by atoms with van der Waals surface area (Å²) in [5, 5.41) is 8.95. The van der Waals surface area contributed by atoms with E-state index in [9.17, 15) is 0 Å². The van der Waals surface area contributed by atoms with E-state index in [1.165, 1.54) is 36.9 Å². The highest BCUT2D eigenvalue weighted by molar-refractivity contribution is 5.42. The largest absolute Gasteiger partial charge is 0.260 e. The average molecular weight is 184 g/mol. The van der Waals surface area contributed by atoms with Gasteiger partial charge < -0.3 is 0 Å². The summed E-state index contributed by atoms with van der Waals surface area (Å²) < 4.78 is 0. The van der Waals surface area contributed by atoms with Crippen LogP contribution in [0.4, 0.5) is 0 Å². The summed E-state index contributed by atoms with van der Waals surface area (Å²) >= 11 is 0. The maximum Gasteiger partial charge on any atom is 0.101 e. The topological polar surface area (TPSA) is 36.7 Å². The third-order valence-electron chi connectivity index (χ3n) is 3.09. The van der Waals surface area contributed by atoms with Crippen LogP contribution in [-0.2, 0) is 0 Å². The van der Waals surface area contributed by atoms with Gasteiger partial charge in [-0.1, -0.05) is 0 Å². The Morgan fingerprint density at radius 1 is 1.21 bits per heavy atom. The van der Waals surface area contributed by atoms with Gasteiger partial charge in [-0.25, -0.2) is 0 Å². The Labute approximate surface area is 83.6 Å². The van der Waals surface area contributed by atoms with Gasteiger partial charge in [0.1, 0.15) is 6.07 Å². The molecule has 0 saturated heterocycles. The lowest BCUT2D eigenvalue weighted by molar-refractivity contribution is 0.985. The van der Waals surface area contributed by atoms with Gasteiger partial charge in [0.05, 0.1) is 5.56 Å². The lowest BCUT2D eigenvalue weighted by Crippen LogP contribution is -1.93. The standard InChI is InChI=1S/C12H12N2/c13-6-10-7-14-12(9-3-4-9)5-11(10)8-1-2-8/h5,7-9H,1-4H2. The molecule has 70 valence electrons. The first-order valence-corrected chi connectivity index (χ1v) is 5.28. The first-order chi connectivity index (χ1) is 6.88. The van der Waals surface area contributed by atoms with Gasteiger partial charge in [-0.05, 0) is 43.2 Å². The van der Waals surface area contributed by atoms with Crippen molar-refractivity contribution in [3.63, 3.8) is 0 Å². The molecular formula is C12H12N2. The van der Waals surface area contributed by atoms with Gasteiger partial charge in [0, 0.05) is 17.8 Å². The summed E-state index contributed by atoms with van der Waals surface area (Å²) in [7, 11) is 0. The molecule has 14 heavy (non-hydrogen) atoms. The second-order valence-electron chi connectivity index (χ2n) is 4.36. The van der Waals surface area contributed by atoms with E-state index in [1.54, 1.807) is 6.20 Å². The summed E-state index contributed by atoms with van der Waals surface area (Å²) in [4.78, 5) is 4.36. The van der Waals surface area contributed by atoms with E-state index in [-0.39, 0.29) is 0 Å². The summed E-state index contributed by atoms with van der Waals surface area (Å²) in [5.74, 6) is 1.35. The second kappa shape index (κ2) is 2.81. The second-order valence-corrected chi connectivity index (χ2v) is 4.36. The van der Waals surface area contributed by atoms with Crippen molar-refractivity contribution in [2.24, 2.45) is 0 Å². The van der Waals surface area contributed by atoms with Gasteiger partial charge in [0.15, 0.2) is 0 Å². The van der Waals surface area contributed by atoms with Crippen LogP contribution < -0.4 is 0 Å². The Bertz CT molecular complexity index is 409. The SMILES string of the molecule is N#Cc1cnc(C2CC2)cc1C1CC1. The van der Waals surface area contributed by atoms with E-state index in [4.69, 9.17) is 5.26 Å². The van der Waals surface area contributed by atoms with Gasteiger partial charge in [0.2, 0.25) is 0 Å². The molecule has 0 spiro atoms. The minimum absolute atomic E-state index is 0.658. The molecule has 0 bridgehead atoms. The van der Waals surface area contributed by atoms with Gasteiger partial charge >= 0.3 is 0 Å². The van der Waals surface area contributed by atoms with Gasteiger partial charge in [0.25, 0.3) is 0 Å². The summed E-state index contributed by atoms with van der Waals surface area (Å²) in [6, 6.07) is 4.42. The fourth-order valence-corrected chi connectivity index (χ4v) is 1.92. The van der Waals surface area contributed by atoms with Crippen LogP contribution in [0.2, 0.25) is 0 Å². The molecule has 0 aromatic carbocycles. The molecular weight excluding hydrogens is 172 g/mol. The third kappa shape index (κ3) is 1.29. The van der Waals surface area contributed by atoms with Crippen LogP contribution in [0.15, 0.2) is 12.3 Å². The summed E-state index contributed by atoms with van der Waals surface area (Å²) in [6.07, 6.45) is 6.83. The van der Waals surface area contributed by atoms with Crippen molar-refractivity contribution in [3.8, 4) is 6.07 Å². The molecule has 0 amide bonds. The minimum atomic E-state index is 0.658. The molecule has 0 aliphatic heterocycles. The Morgan fingerprint density at radius 2 is 1.93 bits per heavy atom. The van der Waals surface area contributed by atoms with Crippen LogP contribution in [0.3, 0.4) is 0 Å². The number of nitriles is 1. The molecule has 1 aromatic heterocycles. The van der Waals surface area contributed by atoms with Crippen molar-refractivity contribution < 1.29 is 0 Å². The fraction of sp³-hybridized carbons (Fsp3) is 0.500. The first kappa shape index (κ1) is 7.99. The number of hydrogen-bond donors (Lipinski definition) is 0. The Kier molecular flexibility index (Phi) is 1.61. The van der Waals surface area contributed by atoms with E-state index in [2.05, 4.69) is 17.1 Å².